The molecule has 0 aliphatic carbocycles. The lowest BCUT2D eigenvalue weighted by atomic mass is 9.89. The van der Waals surface area contributed by atoms with Crippen LogP contribution in [0.2, 0.25) is 0 Å². The number of hydrogen-bond acceptors (Lipinski definition) is 3. The highest BCUT2D eigenvalue weighted by Gasteiger charge is 2.31. The second-order valence-corrected chi connectivity index (χ2v) is 5.66. The van der Waals surface area contributed by atoms with Crippen LogP contribution in [0.5, 0.6) is 11.5 Å². The first-order valence-electron chi connectivity index (χ1n) is 7.59. The fourth-order valence-corrected chi connectivity index (χ4v) is 3.05. The summed E-state index contributed by atoms with van der Waals surface area (Å²) in [5.41, 5.74) is 2.25. The summed E-state index contributed by atoms with van der Waals surface area (Å²) in [6.07, 6.45) is -3.50. The van der Waals surface area contributed by atoms with Crippen LogP contribution in [0.15, 0.2) is 36.4 Å². The van der Waals surface area contributed by atoms with E-state index in [0.29, 0.717) is 11.5 Å². The van der Waals surface area contributed by atoms with Crippen LogP contribution in [0.25, 0.3) is 0 Å². The van der Waals surface area contributed by atoms with E-state index in [1.165, 1.54) is 12.1 Å². The van der Waals surface area contributed by atoms with Crippen molar-refractivity contribution in [2.75, 3.05) is 20.8 Å². The predicted molar refractivity (Wildman–Crippen MR) is 84.5 cm³/mol. The van der Waals surface area contributed by atoms with E-state index in [1.807, 2.05) is 12.1 Å². The molecule has 1 aliphatic rings. The lowest BCUT2D eigenvalue weighted by Gasteiger charge is -2.28. The summed E-state index contributed by atoms with van der Waals surface area (Å²) in [5.74, 6) is 1.26. The van der Waals surface area contributed by atoms with E-state index >= 15 is 0 Å². The zero-order chi connectivity index (χ0) is 17.3. The van der Waals surface area contributed by atoms with E-state index in [1.54, 1.807) is 14.2 Å². The molecule has 0 amide bonds. The van der Waals surface area contributed by atoms with Crippen molar-refractivity contribution in [1.82, 2.24) is 5.32 Å². The minimum Gasteiger partial charge on any atom is -0.493 e. The van der Waals surface area contributed by atoms with Gasteiger partial charge in [-0.1, -0.05) is 12.1 Å². The number of fused-ring (bicyclic) bond motifs is 1. The molecule has 2 aromatic carbocycles. The summed E-state index contributed by atoms with van der Waals surface area (Å²) in [7, 11) is 3.15. The average molecular weight is 337 g/mol. The van der Waals surface area contributed by atoms with Gasteiger partial charge in [0.25, 0.3) is 0 Å². The van der Waals surface area contributed by atoms with Gasteiger partial charge in [0.15, 0.2) is 11.5 Å². The molecule has 0 unspecified atom stereocenters. The van der Waals surface area contributed by atoms with Crippen LogP contribution in [-0.2, 0) is 12.6 Å². The zero-order valence-electron chi connectivity index (χ0n) is 13.4. The SMILES string of the molecule is COc1cc2c(cc1OC)[C@H](c1ccc(C(F)(F)F)cc1)NCC2. The quantitative estimate of drug-likeness (QED) is 0.920. The molecule has 128 valence electrons. The molecule has 6 heteroatoms. The Balaban J connectivity index is 2.00. The fourth-order valence-electron chi connectivity index (χ4n) is 3.05. The summed E-state index contributed by atoms with van der Waals surface area (Å²) >= 11 is 0. The molecule has 1 atom stereocenters. The van der Waals surface area contributed by atoms with Crippen LogP contribution >= 0.6 is 0 Å². The van der Waals surface area contributed by atoms with Crippen LogP contribution in [0.3, 0.4) is 0 Å². The maximum Gasteiger partial charge on any atom is 0.416 e. The molecule has 0 bridgehead atoms. The van der Waals surface area contributed by atoms with Crippen LogP contribution < -0.4 is 14.8 Å². The summed E-state index contributed by atoms with van der Waals surface area (Å²) in [4.78, 5) is 0. The lowest BCUT2D eigenvalue weighted by molar-refractivity contribution is -0.137. The lowest BCUT2D eigenvalue weighted by Crippen LogP contribution is -2.30. The monoisotopic (exact) mass is 337 g/mol. The summed E-state index contributed by atoms with van der Waals surface area (Å²) in [6, 6.07) is 8.93. The average Bonchev–Trinajstić information content (AvgIpc) is 2.59. The molecule has 24 heavy (non-hydrogen) atoms. The standard InChI is InChI=1S/C18H18F3NO2/c1-23-15-9-12-7-8-22-17(14(12)10-16(15)24-2)11-3-5-13(6-4-11)18(19,20)21/h3-6,9-10,17,22H,7-8H2,1-2H3/t17-/m0/s1. The van der Waals surface area contributed by atoms with Gasteiger partial charge in [-0.05, 0) is 47.4 Å². The Labute approximate surface area is 138 Å². The van der Waals surface area contributed by atoms with Gasteiger partial charge < -0.3 is 14.8 Å². The topological polar surface area (TPSA) is 30.5 Å². The molecule has 0 saturated heterocycles. The highest BCUT2D eigenvalue weighted by Crippen LogP contribution is 2.38. The van der Waals surface area contributed by atoms with E-state index < -0.39 is 11.7 Å². The van der Waals surface area contributed by atoms with Gasteiger partial charge in [0.05, 0.1) is 25.8 Å². The maximum atomic E-state index is 12.7. The van der Waals surface area contributed by atoms with Crippen molar-refractivity contribution in [3.63, 3.8) is 0 Å². The molecule has 1 N–H and O–H groups in total. The van der Waals surface area contributed by atoms with Crippen LogP contribution in [0.4, 0.5) is 13.2 Å². The second-order valence-electron chi connectivity index (χ2n) is 5.66. The zero-order valence-corrected chi connectivity index (χ0v) is 13.4. The van der Waals surface area contributed by atoms with Crippen molar-refractivity contribution in [1.29, 1.82) is 0 Å². The van der Waals surface area contributed by atoms with Crippen LogP contribution in [-0.4, -0.2) is 20.8 Å². The molecule has 0 saturated carbocycles. The molecule has 0 fully saturated rings. The van der Waals surface area contributed by atoms with E-state index in [4.69, 9.17) is 9.47 Å². The molecule has 0 aromatic heterocycles. The number of benzene rings is 2. The normalized spacial score (nSPS) is 17.3. The summed E-state index contributed by atoms with van der Waals surface area (Å²) < 4.78 is 48.9. The van der Waals surface area contributed by atoms with Gasteiger partial charge in [-0.2, -0.15) is 13.2 Å². The molecule has 1 heterocycles. The Morgan fingerprint density at radius 2 is 1.62 bits per heavy atom. The molecule has 0 radical (unpaired) electrons. The molecule has 1 aliphatic heterocycles. The van der Waals surface area contributed by atoms with Gasteiger partial charge in [-0.3, -0.25) is 0 Å². The Morgan fingerprint density at radius 3 is 2.21 bits per heavy atom. The van der Waals surface area contributed by atoms with Gasteiger partial charge in [0.2, 0.25) is 0 Å². The molecule has 3 rings (SSSR count). The van der Waals surface area contributed by atoms with E-state index in [-0.39, 0.29) is 6.04 Å². The van der Waals surface area contributed by atoms with Crippen molar-refractivity contribution in [3.8, 4) is 11.5 Å². The third-order valence-electron chi connectivity index (χ3n) is 4.27. The fraction of sp³-hybridized carbons (Fsp3) is 0.333. The first-order chi connectivity index (χ1) is 11.4. The van der Waals surface area contributed by atoms with E-state index in [9.17, 15) is 13.2 Å². The van der Waals surface area contributed by atoms with Crippen molar-refractivity contribution in [2.24, 2.45) is 0 Å². The number of hydrogen-bond donors (Lipinski definition) is 1. The Kier molecular flexibility index (Phi) is 4.41. The third kappa shape index (κ3) is 3.06. The Bertz CT molecular complexity index is 726. The first kappa shape index (κ1) is 16.6. The molecular formula is C18H18F3NO2. The highest BCUT2D eigenvalue weighted by atomic mass is 19.4. The largest absolute Gasteiger partial charge is 0.493 e. The van der Waals surface area contributed by atoms with Crippen LogP contribution in [0, 0.1) is 0 Å². The Hall–Kier alpha value is -2.21. The predicted octanol–water partition coefficient (Wildman–Crippen LogP) is 3.96. The number of ether oxygens (including phenoxy) is 2. The molecule has 3 nitrogen and oxygen atoms in total. The van der Waals surface area contributed by atoms with Crippen LogP contribution in [0.1, 0.15) is 28.3 Å². The highest BCUT2D eigenvalue weighted by molar-refractivity contribution is 5.51. The van der Waals surface area contributed by atoms with E-state index in [2.05, 4.69) is 5.32 Å². The van der Waals surface area contributed by atoms with Crippen molar-refractivity contribution in [2.45, 2.75) is 18.6 Å². The number of methoxy groups -OCH3 is 2. The van der Waals surface area contributed by atoms with Crippen molar-refractivity contribution in [3.05, 3.63) is 58.7 Å². The van der Waals surface area contributed by atoms with Gasteiger partial charge in [0, 0.05) is 6.54 Å². The van der Waals surface area contributed by atoms with Gasteiger partial charge in [-0.15, -0.1) is 0 Å². The minimum atomic E-state index is -4.33. The third-order valence-corrected chi connectivity index (χ3v) is 4.27. The van der Waals surface area contributed by atoms with E-state index in [0.717, 1.165) is 41.8 Å². The minimum absolute atomic E-state index is 0.171. The smallest absolute Gasteiger partial charge is 0.416 e. The van der Waals surface area contributed by atoms with Crippen molar-refractivity contribution >= 4 is 0 Å². The second kappa shape index (κ2) is 6.36. The maximum absolute atomic E-state index is 12.7. The van der Waals surface area contributed by atoms with Gasteiger partial charge in [-0.25, -0.2) is 0 Å². The van der Waals surface area contributed by atoms with Gasteiger partial charge in [0.1, 0.15) is 0 Å². The number of nitrogens with one attached hydrogen (secondary N) is 1. The molecule has 2 aromatic rings. The van der Waals surface area contributed by atoms with Crippen molar-refractivity contribution < 1.29 is 22.6 Å². The summed E-state index contributed by atoms with van der Waals surface area (Å²) in [5, 5.41) is 3.36. The van der Waals surface area contributed by atoms with Gasteiger partial charge >= 0.3 is 6.18 Å². The molecule has 0 spiro atoms. The number of alkyl halides is 3. The Morgan fingerprint density at radius 1 is 1.00 bits per heavy atom. The summed E-state index contributed by atoms with van der Waals surface area (Å²) in [6.45, 7) is 0.744. The first-order valence-corrected chi connectivity index (χ1v) is 7.59. The number of rotatable bonds is 3. The number of halogens is 3. The molecular weight excluding hydrogens is 319 g/mol.